The quantitative estimate of drug-likeness (QED) is 0.903. The molecular formula is C14H18BrNO3. The van der Waals surface area contributed by atoms with Crippen LogP contribution in [0, 0.1) is 0 Å². The molecule has 1 heterocycles. The third-order valence-corrected chi connectivity index (χ3v) is 4.18. The van der Waals surface area contributed by atoms with Crippen molar-refractivity contribution in [2.24, 2.45) is 0 Å². The molecule has 1 atom stereocenters. The molecule has 19 heavy (non-hydrogen) atoms. The molecule has 0 amide bonds. The standard InChI is InChI=1S/C14H18BrNO3/c1-16-7-2-3-11(16)6-8-19-13-5-4-10(14(17)18)9-12(13)15/h4-5,9,11H,2-3,6-8H2,1H3,(H,17,18). The first-order valence-corrected chi connectivity index (χ1v) is 7.23. The molecule has 1 unspecified atom stereocenters. The van der Waals surface area contributed by atoms with Crippen LogP contribution in [0.2, 0.25) is 0 Å². The number of carboxylic acids is 1. The van der Waals surface area contributed by atoms with Crippen LogP contribution in [-0.2, 0) is 0 Å². The number of likely N-dealkylation sites (tertiary alicyclic amines) is 1. The smallest absolute Gasteiger partial charge is 0.335 e. The van der Waals surface area contributed by atoms with Gasteiger partial charge in [0.25, 0.3) is 0 Å². The maximum atomic E-state index is 10.8. The van der Waals surface area contributed by atoms with Crippen molar-refractivity contribution in [2.75, 3.05) is 20.2 Å². The normalized spacial score (nSPS) is 19.6. The third kappa shape index (κ3) is 3.70. The number of hydrogen-bond donors (Lipinski definition) is 1. The minimum atomic E-state index is -0.931. The number of halogens is 1. The molecule has 0 spiro atoms. The summed E-state index contributed by atoms with van der Waals surface area (Å²) >= 11 is 3.34. The number of hydrogen-bond acceptors (Lipinski definition) is 3. The van der Waals surface area contributed by atoms with E-state index in [4.69, 9.17) is 9.84 Å². The van der Waals surface area contributed by atoms with E-state index in [0.717, 1.165) is 6.42 Å². The van der Waals surface area contributed by atoms with Gasteiger partial charge in [-0.15, -0.1) is 0 Å². The van der Waals surface area contributed by atoms with Crippen molar-refractivity contribution in [3.05, 3.63) is 28.2 Å². The van der Waals surface area contributed by atoms with Gasteiger partial charge in [-0.1, -0.05) is 0 Å². The van der Waals surface area contributed by atoms with Crippen molar-refractivity contribution in [1.82, 2.24) is 4.90 Å². The molecule has 0 bridgehead atoms. The summed E-state index contributed by atoms with van der Waals surface area (Å²) in [7, 11) is 2.15. The number of benzene rings is 1. The Hall–Kier alpha value is -1.07. The van der Waals surface area contributed by atoms with Gasteiger partial charge < -0.3 is 14.7 Å². The van der Waals surface area contributed by atoms with E-state index in [9.17, 15) is 4.79 Å². The summed E-state index contributed by atoms with van der Waals surface area (Å²) in [6.45, 7) is 1.82. The molecule has 0 saturated carbocycles. The summed E-state index contributed by atoms with van der Waals surface area (Å²) in [5, 5.41) is 8.88. The van der Waals surface area contributed by atoms with Crippen molar-refractivity contribution >= 4 is 21.9 Å². The molecule has 1 N–H and O–H groups in total. The van der Waals surface area contributed by atoms with Crippen LogP contribution in [0.4, 0.5) is 0 Å². The molecule has 0 aromatic heterocycles. The average Bonchev–Trinajstić information content (AvgIpc) is 2.77. The Kier molecular flexibility index (Phi) is 4.82. The van der Waals surface area contributed by atoms with Crippen LogP contribution < -0.4 is 4.74 Å². The Bertz CT molecular complexity index is 464. The molecule has 1 aromatic rings. The zero-order chi connectivity index (χ0) is 13.8. The Balaban J connectivity index is 1.87. The van der Waals surface area contributed by atoms with E-state index in [-0.39, 0.29) is 5.56 Å². The van der Waals surface area contributed by atoms with Gasteiger partial charge in [-0.25, -0.2) is 4.79 Å². The zero-order valence-corrected chi connectivity index (χ0v) is 12.5. The summed E-state index contributed by atoms with van der Waals surface area (Å²) < 4.78 is 6.40. The first kappa shape index (κ1) is 14.3. The SMILES string of the molecule is CN1CCCC1CCOc1ccc(C(=O)O)cc1Br. The van der Waals surface area contributed by atoms with E-state index >= 15 is 0 Å². The van der Waals surface area contributed by atoms with Crippen LogP contribution in [-0.4, -0.2) is 42.2 Å². The average molecular weight is 328 g/mol. The Labute approximate surface area is 121 Å². The van der Waals surface area contributed by atoms with Crippen molar-refractivity contribution < 1.29 is 14.6 Å². The molecule has 5 heteroatoms. The number of aromatic carboxylic acids is 1. The summed E-state index contributed by atoms with van der Waals surface area (Å²) in [5.74, 6) is -0.231. The predicted octanol–water partition coefficient (Wildman–Crippen LogP) is 3.01. The van der Waals surface area contributed by atoms with E-state index in [0.29, 0.717) is 22.9 Å². The highest BCUT2D eigenvalue weighted by atomic mass is 79.9. The van der Waals surface area contributed by atoms with E-state index < -0.39 is 5.97 Å². The number of carboxylic acid groups (broad SMARTS) is 1. The van der Waals surface area contributed by atoms with Crippen molar-refractivity contribution in [3.63, 3.8) is 0 Å². The summed E-state index contributed by atoms with van der Waals surface area (Å²) in [6, 6.07) is 5.44. The highest BCUT2D eigenvalue weighted by molar-refractivity contribution is 9.10. The fourth-order valence-electron chi connectivity index (χ4n) is 2.40. The van der Waals surface area contributed by atoms with Crippen molar-refractivity contribution in [3.8, 4) is 5.75 Å². The van der Waals surface area contributed by atoms with Crippen LogP contribution in [0.25, 0.3) is 0 Å². The van der Waals surface area contributed by atoms with Crippen LogP contribution in [0.3, 0.4) is 0 Å². The number of ether oxygens (including phenoxy) is 1. The van der Waals surface area contributed by atoms with Crippen LogP contribution in [0.1, 0.15) is 29.6 Å². The van der Waals surface area contributed by atoms with E-state index in [1.807, 2.05) is 0 Å². The van der Waals surface area contributed by atoms with Gasteiger partial charge in [0.1, 0.15) is 5.75 Å². The molecule has 1 fully saturated rings. The van der Waals surface area contributed by atoms with Gasteiger partial charge in [0.15, 0.2) is 0 Å². The monoisotopic (exact) mass is 327 g/mol. The highest BCUT2D eigenvalue weighted by Gasteiger charge is 2.20. The van der Waals surface area contributed by atoms with Crippen molar-refractivity contribution in [2.45, 2.75) is 25.3 Å². The van der Waals surface area contributed by atoms with Gasteiger partial charge in [-0.05, 0) is 67.0 Å². The molecule has 4 nitrogen and oxygen atoms in total. The molecule has 1 saturated heterocycles. The lowest BCUT2D eigenvalue weighted by Crippen LogP contribution is -2.26. The largest absolute Gasteiger partial charge is 0.492 e. The van der Waals surface area contributed by atoms with Gasteiger partial charge >= 0.3 is 5.97 Å². The first-order valence-electron chi connectivity index (χ1n) is 6.44. The van der Waals surface area contributed by atoms with E-state index in [2.05, 4.69) is 27.9 Å². The minimum Gasteiger partial charge on any atom is -0.492 e. The highest BCUT2D eigenvalue weighted by Crippen LogP contribution is 2.27. The maximum Gasteiger partial charge on any atom is 0.335 e. The number of carbonyl (C=O) groups is 1. The molecule has 0 radical (unpaired) electrons. The molecular weight excluding hydrogens is 310 g/mol. The lowest BCUT2D eigenvalue weighted by Gasteiger charge is -2.19. The fourth-order valence-corrected chi connectivity index (χ4v) is 2.89. The van der Waals surface area contributed by atoms with Crippen molar-refractivity contribution in [1.29, 1.82) is 0 Å². The zero-order valence-electron chi connectivity index (χ0n) is 10.9. The summed E-state index contributed by atoms with van der Waals surface area (Å²) in [4.78, 5) is 13.2. The molecule has 104 valence electrons. The molecule has 1 aliphatic rings. The summed E-state index contributed by atoms with van der Waals surface area (Å²) in [6.07, 6.45) is 3.50. The number of nitrogens with zero attached hydrogens (tertiary/aromatic N) is 1. The predicted molar refractivity (Wildman–Crippen MR) is 76.9 cm³/mol. The van der Waals surface area contributed by atoms with Crippen LogP contribution >= 0.6 is 15.9 Å². The third-order valence-electron chi connectivity index (χ3n) is 3.56. The Morgan fingerprint density at radius 2 is 2.37 bits per heavy atom. The lowest BCUT2D eigenvalue weighted by atomic mass is 10.1. The van der Waals surface area contributed by atoms with Crippen LogP contribution in [0.15, 0.2) is 22.7 Å². The fraction of sp³-hybridized carbons (Fsp3) is 0.500. The first-order chi connectivity index (χ1) is 9.08. The van der Waals surface area contributed by atoms with Gasteiger partial charge in [0.05, 0.1) is 16.6 Å². The van der Waals surface area contributed by atoms with E-state index in [1.165, 1.54) is 19.4 Å². The Morgan fingerprint density at radius 3 is 2.95 bits per heavy atom. The topological polar surface area (TPSA) is 49.8 Å². The van der Waals surface area contributed by atoms with Gasteiger partial charge in [-0.2, -0.15) is 0 Å². The maximum absolute atomic E-state index is 10.8. The second-order valence-corrected chi connectivity index (χ2v) is 5.72. The lowest BCUT2D eigenvalue weighted by molar-refractivity contribution is 0.0697. The molecule has 1 aromatic carbocycles. The van der Waals surface area contributed by atoms with E-state index in [1.54, 1.807) is 18.2 Å². The minimum absolute atomic E-state index is 0.259. The van der Waals surface area contributed by atoms with Gasteiger partial charge in [0.2, 0.25) is 0 Å². The molecule has 0 aliphatic carbocycles. The van der Waals surface area contributed by atoms with Gasteiger partial charge in [0, 0.05) is 6.04 Å². The Morgan fingerprint density at radius 1 is 1.58 bits per heavy atom. The number of rotatable bonds is 5. The van der Waals surface area contributed by atoms with Gasteiger partial charge in [-0.3, -0.25) is 0 Å². The second-order valence-electron chi connectivity index (χ2n) is 4.86. The second kappa shape index (κ2) is 6.39. The van der Waals surface area contributed by atoms with Crippen LogP contribution in [0.5, 0.6) is 5.75 Å². The molecule has 2 rings (SSSR count). The molecule has 1 aliphatic heterocycles. The summed E-state index contributed by atoms with van der Waals surface area (Å²) in [5.41, 5.74) is 0.259.